The molecule has 1 fully saturated rings. The first-order chi connectivity index (χ1) is 10.1. The fourth-order valence-electron chi connectivity index (χ4n) is 2.58. The third kappa shape index (κ3) is 4.70. The second-order valence-electron chi connectivity index (χ2n) is 5.64. The predicted octanol–water partition coefficient (Wildman–Crippen LogP) is 1.83. The van der Waals surface area contributed by atoms with Crippen molar-refractivity contribution in [3.8, 4) is 0 Å². The Kier molecular flexibility index (Phi) is 5.56. The van der Waals surface area contributed by atoms with Crippen molar-refractivity contribution in [2.75, 3.05) is 25.4 Å². The number of carbonyl (C=O) groups is 1. The molecule has 1 heterocycles. The van der Waals surface area contributed by atoms with Crippen molar-refractivity contribution >= 4 is 11.7 Å². The fourth-order valence-corrected chi connectivity index (χ4v) is 2.58. The third-order valence-corrected chi connectivity index (χ3v) is 3.82. The number of anilines is 1. The maximum atomic E-state index is 12.2. The number of carbonyl (C=O) groups excluding carboxylic acids is 1. The SMILES string of the molecule is CCCc1cc(C(=O)NCCN(CC)C2CC2)cc(N)n1. The summed E-state index contributed by atoms with van der Waals surface area (Å²) < 4.78 is 0. The minimum Gasteiger partial charge on any atom is -0.384 e. The van der Waals surface area contributed by atoms with Gasteiger partial charge in [0.15, 0.2) is 0 Å². The standard InChI is InChI=1S/C16H26N4O/c1-3-5-13-10-12(11-15(17)19-13)16(21)18-8-9-20(4-2)14-6-7-14/h10-11,14H,3-9H2,1-2H3,(H2,17,19)(H,18,21). The summed E-state index contributed by atoms with van der Waals surface area (Å²) in [6.45, 7) is 6.88. The molecule has 0 aliphatic heterocycles. The number of likely N-dealkylation sites (N-methyl/N-ethyl adjacent to an activating group) is 1. The molecule has 1 saturated carbocycles. The smallest absolute Gasteiger partial charge is 0.251 e. The molecule has 0 atom stereocenters. The van der Waals surface area contributed by atoms with Crippen molar-refractivity contribution in [3.63, 3.8) is 0 Å². The van der Waals surface area contributed by atoms with Crippen LogP contribution in [0.4, 0.5) is 5.82 Å². The number of aromatic nitrogens is 1. The number of aryl methyl sites for hydroxylation is 1. The van der Waals surface area contributed by atoms with Crippen molar-refractivity contribution in [1.82, 2.24) is 15.2 Å². The quantitative estimate of drug-likeness (QED) is 0.766. The Balaban J connectivity index is 1.87. The van der Waals surface area contributed by atoms with Gasteiger partial charge in [0.05, 0.1) is 0 Å². The lowest BCUT2D eigenvalue weighted by molar-refractivity contribution is 0.0947. The van der Waals surface area contributed by atoms with Gasteiger partial charge >= 0.3 is 0 Å². The van der Waals surface area contributed by atoms with E-state index in [-0.39, 0.29) is 5.91 Å². The largest absolute Gasteiger partial charge is 0.384 e. The van der Waals surface area contributed by atoms with E-state index in [4.69, 9.17) is 5.73 Å². The summed E-state index contributed by atoms with van der Waals surface area (Å²) in [5, 5.41) is 2.98. The molecule has 2 rings (SSSR count). The topological polar surface area (TPSA) is 71.2 Å². The minimum atomic E-state index is -0.0618. The summed E-state index contributed by atoms with van der Waals surface area (Å²) in [5.74, 6) is 0.354. The fraction of sp³-hybridized carbons (Fsp3) is 0.625. The predicted molar refractivity (Wildman–Crippen MR) is 85.2 cm³/mol. The molecule has 1 aliphatic carbocycles. The van der Waals surface area contributed by atoms with Crippen molar-refractivity contribution in [3.05, 3.63) is 23.4 Å². The van der Waals surface area contributed by atoms with Crippen LogP contribution in [-0.2, 0) is 6.42 Å². The van der Waals surface area contributed by atoms with E-state index in [0.29, 0.717) is 17.9 Å². The maximum Gasteiger partial charge on any atom is 0.251 e. The second kappa shape index (κ2) is 7.41. The summed E-state index contributed by atoms with van der Waals surface area (Å²) in [7, 11) is 0. The molecule has 1 aliphatic rings. The molecule has 0 saturated heterocycles. The first-order valence-corrected chi connectivity index (χ1v) is 7.92. The molecule has 0 bridgehead atoms. The van der Waals surface area contributed by atoms with Crippen LogP contribution in [0.25, 0.3) is 0 Å². The van der Waals surface area contributed by atoms with E-state index in [2.05, 4.69) is 29.0 Å². The molecule has 1 aromatic heterocycles. The van der Waals surface area contributed by atoms with Gasteiger partial charge in [-0.3, -0.25) is 9.69 Å². The molecular formula is C16H26N4O. The van der Waals surface area contributed by atoms with Gasteiger partial charge in [-0.2, -0.15) is 0 Å². The number of hydrogen-bond donors (Lipinski definition) is 2. The Hall–Kier alpha value is -1.62. The Labute approximate surface area is 126 Å². The molecule has 5 nitrogen and oxygen atoms in total. The summed E-state index contributed by atoms with van der Waals surface area (Å²) in [4.78, 5) is 18.9. The monoisotopic (exact) mass is 290 g/mol. The summed E-state index contributed by atoms with van der Waals surface area (Å²) in [6, 6.07) is 4.22. The van der Waals surface area contributed by atoms with Gasteiger partial charge in [0.25, 0.3) is 5.91 Å². The number of amides is 1. The Morgan fingerprint density at radius 3 is 2.81 bits per heavy atom. The molecule has 0 radical (unpaired) electrons. The molecule has 0 unspecified atom stereocenters. The van der Waals surface area contributed by atoms with Gasteiger partial charge in [-0.1, -0.05) is 20.3 Å². The lowest BCUT2D eigenvalue weighted by Gasteiger charge is -2.19. The number of pyridine rings is 1. The highest BCUT2D eigenvalue weighted by Crippen LogP contribution is 2.25. The highest BCUT2D eigenvalue weighted by atomic mass is 16.1. The Bertz CT molecular complexity index is 485. The first-order valence-electron chi connectivity index (χ1n) is 7.92. The van der Waals surface area contributed by atoms with Crippen LogP contribution in [-0.4, -0.2) is 41.5 Å². The number of nitrogens with zero attached hydrogens (tertiary/aromatic N) is 2. The molecule has 1 aromatic rings. The minimum absolute atomic E-state index is 0.0618. The highest BCUT2D eigenvalue weighted by Gasteiger charge is 2.27. The van der Waals surface area contributed by atoms with Gasteiger partial charge in [-0.05, 0) is 37.9 Å². The molecule has 3 N–H and O–H groups in total. The lowest BCUT2D eigenvalue weighted by atomic mass is 10.1. The molecule has 5 heteroatoms. The van der Waals surface area contributed by atoms with Gasteiger partial charge in [0.1, 0.15) is 5.82 Å². The van der Waals surface area contributed by atoms with Crippen LogP contribution in [0.2, 0.25) is 0 Å². The van der Waals surface area contributed by atoms with Gasteiger partial charge in [0.2, 0.25) is 0 Å². The van der Waals surface area contributed by atoms with Crippen LogP contribution in [0, 0.1) is 0 Å². The van der Waals surface area contributed by atoms with E-state index < -0.39 is 0 Å². The average Bonchev–Trinajstić information content (AvgIpc) is 3.27. The second-order valence-corrected chi connectivity index (χ2v) is 5.64. The number of nitrogen functional groups attached to an aromatic ring is 1. The summed E-state index contributed by atoms with van der Waals surface area (Å²) in [5.41, 5.74) is 7.27. The number of nitrogens with two attached hydrogens (primary N) is 1. The number of hydrogen-bond acceptors (Lipinski definition) is 4. The number of nitrogens with one attached hydrogen (secondary N) is 1. The Morgan fingerprint density at radius 2 is 2.19 bits per heavy atom. The van der Waals surface area contributed by atoms with Crippen molar-refractivity contribution in [2.24, 2.45) is 0 Å². The first kappa shape index (κ1) is 15.8. The zero-order valence-electron chi connectivity index (χ0n) is 13.1. The van der Waals surface area contributed by atoms with E-state index >= 15 is 0 Å². The maximum absolute atomic E-state index is 12.2. The molecule has 116 valence electrons. The molecule has 21 heavy (non-hydrogen) atoms. The molecule has 1 amide bonds. The third-order valence-electron chi connectivity index (χ3n) is 3.82. The van der Waals surface area contributed by atoms with Gasteiger partial charge in [-0.25, -0.2) is 4.98 Å². The van der Waals surface area contributed by atoms with Gasteiger partial charge in [0, 0.05) is 30.4 Å². The summed E-state index contributed by atoms with van der Waals surface area (Å²) in [6.07, 6.45) is 4.42. The van der Waals surface area contributed by atoms with Crippen LogP contribution in [0.15, 0.2) is 12.1 Å². The lowest BCUT2D eigenvalue weighted by Crippen LogP contribution is -2.36. The van der Waals surface area contributed by atoms with E-state index in [1.807, 2.05) is 6.07 Å². The van der Waals surface area contributed by atoms with Crippen LogP contribution in [0.1, 0.15) is 49.2 Å². The van der Waals surface area contributed by atoms with E-state index in [1.165, 1.54) is 12.8 Å². The normalized spacial score (nSPS) is 14.4. The van der Waals surface area contributed by atoms with Crippen molar-refractivity contribution < 1.29 is 4.79 Å². The van der Waals surface area contributed by atoms with Crippen LogP contribution < -0.4 is 11.1 Å². The molecule has 0 spiro atoms. The van der Waals surface area contributed by atoms with Crippen molar-refractivity contribution in [1.29, 1.82) is 0 Å². The molecular weight excluding hydrogens is 264 g/mol. The van der Waals surface area contributed by atoms with Gasteiger partial charge in [-0.15, -0.1) is 0 Å². The summed E-state index contributed by atoms with van der Waals surface area (Å²) >= 11 is 0. The van der Waals surface area contributed by atoms with Crippen LogP contribution in [0.3, 0.4) is 0 Å². The number of rotatable bonds is 8. The zero-order valence-corrected chi connectivity index (χ0v) is 13.1. The highest BCUT2D eigenvalue weighted by molar-refractivity contribution is 5.94. The molecule has 0 aromatic carbocycles. The average molecular weight is 290 g/mol. The zero-order chi connectivity index (χ0) is 15.2. The van der Waals surface area contributed by atoms with Crippen LogP contribution in [0.5, 0.6) is 0 Å². The van der Waals surface area contributed by atoms with Gasteiger partial charge < -0.3 is 11.1 Å². The Morgan fingerprint density at radius 1 is 1.43 bits per heavy atom. The van der Waals surface area contributed by atoms with E-state index in [9.17, 15) is 4.79 Å². The van der Waals surface area contributed by atoms with Crippen LogP contribution >= 0.6 is 0 Å². The van der Waals surface area contributed by atoms with E-state index in [1.54, 1.807) is 6.07 Å². The van der Waals surface area contributed by atoms with E-state index in [0.717, 1.165) is 37.7 Å². The van der Waals surface area contributed by atoms with Crippen molar-refractivity contribution in [2.45, 2.75) is 45.6 Å².